The van der Waals surface area contributed by atoms with Gasteiger partial charge in [-0.05, 0) is 39.0 Å². The van der Waals surface area contributed by atoms with Crippen molar-refractivity contribution in [1.29, 1.82) is 0 Å². The lowest BCUT2D eigenvalue weighted by Crippen LogP contribution is -2.27. The summed E-state index contributed by atoms with van der Waals surface area (Å²) in [6.07, 6.45) is 0. The van der Waals surface area contributed by atoms with Crippen molar-refractivity contribution in [1.82, 2.24) is 9.55 Å². The number of nitrogens with two attached hydrogens (primary N) is 1. The number of nitrogens with one attached hydrogen (secondary N) is 1. The van der Waals surface area contributed by atoms with Crippen LogP contribution in [-0.2, 0) is 7.05 Å². The molecule has 0 radical (unpaired) electrons. The highest BCUT2D eigenvalue weighted by molar-refractivity contribution is 5.81. The summed E-state index contributed by atoms with van der Waals surface area (Å²) < 4.78 is 2.04. The summed E-state index contributed by atoms with van der Waals surface area (Å²) >= 11 is 0. The zero-order chi connectivity index (χ0) is 11.9. The van der Waals surface area contributed by atoms with Crippen LogP contribution in [0.4, 0.5) is 11.6 Å². The first-order chi connectivity index (χ1) is 7.37. The van der Waals surface area contributed by atoms with E-state index in [-0.39, 0.29) is 5.54 Å². The van der Waals surface area contributed by atoms with Crippen LogP contribution in [0, 0.1) is 0 Å². The van der Waals surface area contributed by atoms with Crippen molar-refractivity contribution in [3.63, 3.8) is 0 Å². The van der Waals surface area contributed by atoms with Crippen molar-refractivity contribution < 1.29 is 0 Å². The molecule has 0 bridgehead atoms. The highest BCUT2D eigenvalue weighted by Gasteiger charge is 2.14. The summed E-state index contributed by atoms with van der Waals surface area (Å²) in [6, 6.07) is 5.78. The van der Waals surface area contributed by atoms with Crippen LogP contribution in [0.2, 0.25) is 0 Å². The van der Waals surface area contributed by atoms with E-state index in [1.165, 1.54) is 0 Å². The number of hydrogen-bond donors (Lipinski definition) is 2. The second kappa shape index (κ2) is 3.40. The second-order valence-corrected chi connectivity index (χ2v) is 5.12. The lowest BCUT2D eigenvalue weighted by molar-refractivity contribution is 0.621. The number of rotatable bonds is 1. The third kappa shape index (κ3) is 1.96. The number of aromatic nitrogens is 2. The third-order valence-electron chi connectivity index (χ3n) is 2.39. The van der Waals surface area contributed by atoms with Gasteiger partial charge in [-0.3, -0.25) is 0 Å². The van der Waals surface area contributed by atoms with Gasteiger partial charge in [-0.1, -0.05) is 0 Å². The molecule has 0 aliphatic carbocycles. The van der Waals surface area contributed by atoms with Crippen molar-refractivity contribution in [2.45, 2.75) is 26.3 Å². The van der Waals surface area contributed by atoms with E-state index in [1.54, 1.807) is 0 Å². The molecule has 4 heteroatoms. The SMILES string of the molecule is Cn1c(NC(C)(C)C)nc2cc(N)ccc21. The minimum absolute atomic E-state index is 0.000675. The molecule has 0 saturated carbocycles. The van der Waals surface area contributed by atoms with Crippen molar-refractivity contribution >= 4 is 22.7 Å². The lowest BCUT2D eigenvalue weighted by atomic mass is 10.1. The van der Waals surface area contributed by atoms with Gasteiger partial charge in [0.2, 0.25) is 5.95 Å². The van der Waals surface area contributed by atoms with Gasteiger partial charge in [-0.25, -0.2) is 4.98 Å². The predicted molar refractivity (Wildman–Crippen MR) is 68.5 cm³/mol. The van der Waals surface area contributed by atoms with Crippen LogP contribution in [0.1, 0.15) is 20.8 Å². The molecule has 3 N–H and O–H groups in total. The molecule has 0 unspecified atom stereocenters. The molecule has 0 spiro atoms. The van der Waals surface area contributed by atoms with E-state index in [0.717, 1.165) is 22.7 Å². The molecular weight excluding hydrogens is 200 g/mol. The average Bonchev–Trinajstić information content (AvgIpc) is 2.40. The smallest absolute Gasteiger partial charge is 0.204 e. The zero-order valence-corrected chi connectivity index (χ0v) is 10.2. The maximum absolute atomic E-state index is 5.74. The largest absolute Gasteiger partial charge is 0.399 e. The highest BCUT2D eigenvalue weighted by atomic mass is 15.2. The first kappa shape index (κ1) is 10.8. The van der Waals surface area contributed by atoms with Gasteiger partial charge in [0.25, 0.3) is 0 Å². The highest BCUT2D eigenvalue weighted by Crippen LogP contribution is 2.22. The van der Waals surface area contributed by atoms with Gasteiger partial charge in [0, 0.05) is 18.3 Å². The molecule has 2 rings (SSSR count). The Morgan fingerprint density at radius 3 is 2.62 bits per heavy atom. The minimum Gasteiger partial charge on any atom is -0.399 e. The summed E-state index contributed by atoms with van der Waals surface area (Å²) in [5.41, 5.74) is 8.49. The molecule has 0 atom stereocenters. The fourth-order valence-electron chi connectivity index (χ4n) is 1.66. The maximum Gasteiger partial charge on any atom is 0.204 e. The molecule has 4 nitrogen and oxygen atoms in total. The molecule has 1 heterocycles. The quantitative estimate of drug-likeness (QED) is 0.722. The van der Waals surface area contributed by atoms with Crippen molar-refractivity contribution in [3.8, 4) is 0 Å². The van der Waals surface area contributed by atoms with E-state index < -0.39 is 0 Å². The molecule has 86 valence electrons. The monoisotopic (exact) mass is 218 g/mol. The fraction of sp³-hybridized carbons (Fsp3) is 0.417. The molecule has 0 saturated heterocycles. The van der Waals surface area contributed by atoms with Gasteiger partial charge in [0.15, 0.2) is 0 Å². The van der Waals surface area contributed by atoms with Gasteiger partial charge in [-0.15, -0.1) is 0 Å². The molecule has 1 aromatic carbocycles. The summed E-state index contributed by atoms with van der Waals surface area (Å²) in [5.74, 6) is 0.869. The van der Waals surface area contributed by atoms with Crippen molar-refractivity contribution in [2.24, 2.45) is 7.05 Å². The second-order valence-electron chi connectivity index (χ2n) is 5.12. The summed E-state index contributed by atoms with van der Waals surface area (Å²) in [4.78, 5) is 4.53. The fourth-order valence-corrected chi connectivity index (χ4v) is 1.66. The predicted octanol–water partition coefficient (Wildman–Crippen LogP) is 2.37. The summed E-state index contributed by atoms with van der Waals surface area (Å²) in [6.45, 7) is 6.34. The molecule has 16 heavy (non-hydrogen) atoms. The van der Waals surface area contributed by atoms with Crippen LogP contribution in [0.15, 0.2) is 18.2 Å². The molecule has 0 fully saturated rings. The van der Waals surface area contributed by atoms with Crippen LogP contribution in [0.3, 0.4) is 0 Å². The molecule has 2 aromatic rings. The Balaban J connectivity index is 2.52. The van der Waals surface area contributed by atoms with Gasteiger partial charge < -0.3 is 15.6 Å². The first-order valence-electron chi connectivity index (χ1n) is 5.37. The Bertz CT molecular complexity index is 520. The van der Waals surface area contributed by atoms with Crippen LogP contribution >= 0.6 is 0 Å². The van der Waals surface area contributed by atoms with Crippen LogP contribution in [0.25, 0.3) is 11.0 Å². The Morgan fingerprint density at radius 2 is 2.00 bits per heavy atom. The topological polar surface area (TPSA) is 55.9 Å². The number of nitrogen functional groups attached to an aromatic ring is 1. The number of hydrogen-bond acceptors (Lipinski definition) is 3. The van der Waals surface area contributed by atoms with E-state index in [2.05, 4.69) is 31.1 Å². The van der Waals surface area contributed by atoms with Crippen LogP contribution in [0.5, 0.6) is 0 Å². The summed E-state index contributed by atoms with van der Waals surface area (Å²) in [7, 11) is 2.00. The normalized spacial score (nSPS) is 12.0. The molecule has 0 amide bonds. The van der Waals surface area contributed by atoms with E-state index in [4.69, 9.17) is 5.73 Å². The Morgan fingerprint density at radius 1 is 1.31 bits per heavy atom. The van der Waals surface area contributed by atoms with Gasteiger partial charge in [-0.2, -0.15) is 0 Å². The Labute approximate surface area is 95.5 Å². The Kier molecular flexibility index (Phi) is 2.30. The van der Waals surface area contributed by atoms with Gasteiger partial charge in [0.1, 0.15) is 0 Å². The van der Waals surface area contributed by atoms with Crippen molar-refractivity contribution in [2.75, 3.05) is 11.1 Å². The molecule has 1 aromatic heterocycles. The van der Waals surface area contributed by atoms with E-state index >= 15 is 0 Å². The molecular formula is C12H18N4. The lowest BCUT2D eigenvalue weighted by Gasteiger charge is -2.21. The van der Waals surface area contributed by atoms with E-state index in [0.29, 0.717) is 0 Å². The maximum atomic E-state index is 5.74. The van der Waals surface area contributed by atoms with Crippen LogP contribution in [-0.4, -0.2) is 15.1 Å². The average molecular weight is 218 g/mol. The number of fused-ring (bicyclic) bond motifs is 1. The molecule has 0 aliphatic rings. The third-order valence-corrected chi connectivity index (χ3v) is 2.39. The zero-order valence-electron chi connectivity index (χ0n) is 10.2. The number of aryl methyl sites for hydroxylation is 1. The molecule has 0 aliphatic heterocycles. The van der Waals surface area contributed by atoms with Gasteiger partial charge in [0.05, 0.1) is 11.0 Å². The number of anilines is 2. The van der Waals surface area contributed by atoms with E-state index in [9.17, 15) is 0 Å². The summed E-state index contributed by atoms with van der Waals surface area (Å²) in [5, 5.41) is 3.37. The number of nitrogens with zero attached hydrogens (tertiary/aromatic N) is 2. The van der Waals surface area contributed by atoms with E-state index in [1.807, 2.05) is 29.8 Å². The minimum atomic E-state index is 0.000675. The van der Waals surface area contributed by atoms with Crippen LogP contribution < -0.4 is 11.1 Å². The first-order valence-corrected chi connectivity index (χ1v) is 5.37. The number of benzene rings is 1. The Hall–Kier alpha value is -1.71. The number of imidazole rings is 1. The van der Waals surface area contributed by atoms with Crippen molar-refractivity contribution in [3.05, 3.63) is 18.2 Å². The van der Waals surface area contributed by atoms with Gasteiger partial charge >= 0.3 is 0 Å². The standard InChI is InChI=1S/C12H18N4/c1-12(2,3)15-11-14-9-7-8(13)5-6-10(9)16(11)4/h5-7H,13H2,1-4H3,(H,14,15).